The molecule has 1 atom stereocenters. The van der Waals surface area contributed by atoms with Crippen molar-refractivity contribution in [3.8, 4) is 0 Å². The molecule has 1 unspecified atom stereocenters. The van der Waals surface area contributed by atoms with E-state index in [1.807, 2.05) is 39.8 Å². The van der Waals surface area contributed by atoms with E-state index in [-0.39, 0.29) is 5.41 Å². The van der Waals surface area contributed by atoms with E-state index in [1.54, 1.807) is 13.0 Å². The van der Waals surface area contributed by atoms with Crippen LogP contribution in [0.25, 0.3) is 0 Å². The van der Waals surface area contributed by atoms with Gasteiger partial charge in [-0.05, 0) is 55.4 Å². The Hall–Kier alpha value is -1.88. The van der Waals surface area contributed by atoms with Crippen LogP contribution in [0, 0.1) is 12.3 Å². The van der Waals surface area contributed by atoms with Gasteiger partial charge in [0.1, 0.15) is 0 Å². The molecule has 0 aromatic heterocycles. The van der Waals surface area contributed by atoms with E-state index in [2.05, 4.69) is 10.6 Å². The van der Waals surface area contributed by atoms with E-state index in [0.29, 0.717) is 18.7 Å². The number of carbonyl (C=O) groups is 2. The Morgan fingerprint density at radius 1 is 1.26 bits per heavy atom. The quantitative estimate of drug-likeness (QED) is 0.704. The molecule has 0 bridgehead atoms. The molecule has 1 aromatic rings. The van der Waals surface area contributed by atoms with Gasteiger partial charge < -0.3 is 15.7 Å². The Morgan fingerprint density at radius 2 is 1.91 bits per heavy atom. The second kappa shape index (κ2) is 8.11. The van der Waals surface area contributed by atoms with Crippen LogP contribution >= 0.6 is 0 Å². The Morgan fingerprint density at radius 3 is 2.48 bits per heavy atom. The molecule has 5 heteroatoms. The monoisotopic (exact) mass is 320 g/mol. The number of aliphatic hydroxyl groups excluding tert-OH is 1. The maximum Gasteiger partial charge on any atom is 0.313 e. The topological polar surface area (TPSA) is 78.4 Å². The minimum Gasteiger partial charge on any atom is -0.393 e. The number of amides is 2. The fourth-order valence-corrected chi connectivity index (χ4v) is 2.59. The first kappa shape index (κ1) is 19.2. The minimum absolute atomic E-state index is 0.274. The summed E-state index contributed by atoms with van der Waals surface area (Å²) in [6, 6.07) is 5.60. The van der Waals surface area contributed by atoms with Crippen molar-refractivity contribution in [2.45, 2.75) is 53.6 Å². The second-order valence-corrected chi connectivity index (χ2v) is 6.85. The minimum atomic E-state index is -0.677. The Balaban J connectivity index is 2.59. The molecule has 0 saturated carbocycles. The van der Waals surface area contributed by atoms with Crippen LogP contribution < -0.4 is 10.6 Å². The average Bonchev–Trinajstić information content (AvgIpc) is 2.45. The molecule has 0 aliphatic carbocycles. The summed E-state index contributed by atoms with van der Waals surface area (Å²) in [5.41, 5.74) is 2.65. The zero-order chi connectivity index (χ0) is 17.6. The highest BCUT2D eigenvalue weighted by Gasteiger charge is 2.23. The summed E-state index contributed by atoms with van der Waals surface area (Å²) in [5.74, 6) is -1.34. The molecule has 0 saturated heterocycles. The maximum absolute atomic E-state index is 12.0. The highest BCUT2D eigenvalue weighted by Crippen LogP contribution is 2.21. The van der Waals surface area contributed by atoms with Crippen molar-refractivity contribution in [1.82, 2.24) is 5.32 Å². The number of aryl methyl sites for hydroxylation is 2. The van der Waals surface area contributed by atoms with Gasteiger partial charge in [-0.2, -0.15) is 0 Å². The van der Waals surface area contributed by atoms with Crippen molar-refractivity contribution < 1.29 is 14.7 Å². The van der Waals surface area contributed by atoms with E-state index >= 15 is 0 Å². The van der Waals surface area contributed by atoms with Crippen LogP contribution in [-0.2, 0) is 16.0 Å². The first-order chi connectivity index (χ1) is 10.6. The summed E-state index contributed by atoms with van der Waals surface area (Å²) < 4.78 is 0. The van der Waals surface area contributed by atoms with Gasteiger partial charge in [-0.15, -0.1) is 0 Å². The van der Waals surface area contributed by atoms with Crippen LogP contribution in [0.3, 0.4) is 0 Å². The zero-order valence-electron chi connectivity index (χ0n) is 14.7. The van der Waals surface area contributed by atoms with Crippen LogP contribution in [0.5, 0.6) is 0 Å². The van der Waals surface area contributed by atoms with Gasteiger partial charge in [0, 0.05) is 12.2 Å². The Bertz CT molecular complexity index is 565. The van der Waals surface area contributed by atoms with Crippen molar-refractivity contribution in [3.63, 3.8) is 0 Å². The van der Waals surface area contributed by atoms with Gasteiger partial charge in [0.15, 0.2) is 0 Å². The number of rotatable bonds is 6. The largest absolute Gasteiger partial charge is 0.393 e. The molecule has 0 aliphatic heterocycles. The number of anilines is 1. The van der Waals surface area contributed by atoms with Crippen LogP contribution in [0.1, 0.15) is 45.2 Å². The predicted octanol–water partition coefficient (Wildman–Crippen LogP) is 2.41. The van der Waals surface area contributed by atoms with E-state index in [0.717, 1.165) is 17.5 Å². The smallest absolute Gasteiger partial charge is 0.313 e. The van der Waals surface area contributed by atoms with Gasteiger partial charge in [0.25, 0.3) is 0 Å². The van der Waals surface area contributed by atoms with E-state index in [1.165, 1.54) is 0 Å². The molecule has 1 rings (SSSR count). The van der Waals surface area contributed by atoms with Crippen molar-refractivity contribution in [3.05, 3.63) is 29.3 Å². The molecular formula is C18H28N2O3. The average molecular weight is 320 g/mol. The molecule has 3 N–H and O–H groups in total. The van der Waals surface area contributed by atoms with Crippen molar-refractivity contribution >= 4 is 17.5 Å². The standard InChI is InChI=1S/C18H28N2O3/c1-6-14-9-15(8-7-12(14)2)20-17(23)16(22)19-11-18(4,5)10-13(3)21/h7-9,13,21H,6,10-11H2,1-5H3,(H,19,22)(H,20,23). The number of benzene rings is 1. The number of aliphatic hydroxyl groups is 1. The molecule has 23 heavy (non-hydrogen) atoms. The van der Waals surface area contributed by atoms with Crippen LogP contribution in [0.15, 0.2) is 18.2 Å². The van der Waals surface area contributed by atoms with Gasteiger partial charge >= 0.3 is 11.8 Å². The van der Waals surface area contributed by atoms with Crippen LogP contribution in [0.4, 0.5) is 5.69 Å². The van der Waals surface area contributed by atoms with Gasteiger partial charge in [-0.3, -0.25) is 9.59 Å². The lowest BCUT2D eigenvalue weighted by atomic mass is 9.87. The fourth-order valence-electron chi connectivity index (χ4n) is 2.59. The van der Waals surface area contributed by atoms with Crippen molar-refractivity contribution in [2.24, 2.45) is 5.41 Å². The normalized spacial score (nSPS) is 12.6. The summed E-state index contributed by atoms with van der Waals surface area (Å²) in [5, 5.41) is 14.7. The number of hydrogen-bond donors (Lipinski definition) is 3. The van der Waals surface area contributed by atoms with Gasteiger partial charge in [-0.1, -0.05) is 26.8 Å². The SMILES string of the molecule is CCc1cc(NC(=O)C(=O)NCC(C)(C)CC(C)O)ccc1C. The molecule has 0 fully saturated rings. The van der Waals surface area contributed by atoms with E-state index in [4.69, 9.17) is 0 Å². The molecule has 0 spiro atoms. The third-order valence-corrected chi connectivity index (χ3v) is 3.77. The summed E-state index contributed by atoms with van der Waals surface area (Å²) >= 11 is 0. The first-order valence-corrected chi connectivity index (χ1v) is 8.01. The second-order valence-electron chi connectivity index (χ2n) is 6.85. The van der Waals surface area contributed by atoms with Crippen molar-refractivity contribution in [1.29, 1.82) is 0 Å². The number of carbonyl (C=O) groups excluding carboxylic acids is 2. The number of nitrogens with one attached hydrogen (secondary N) is 2. The molecule has 0 aliphatic rings. The highest BCUT2D eigenvalue weighted by atomic mass is 16.3. The molecule has 128 valence electrons. The third-order valence-electron chi connectivity index (χ3n) is 3.77. The molecule has 0 heterocycles. The van der Waals surface area contributed by atoms with E-state index < -0.39 is 17.9 Å². The summed E-state index contributed by atoms with van der Waals surface area (Å²) in [4.78, 5) is 23.9. The zero-order valence-corrected chi connectivity index (χ0v) is 14.7. The lowest BCUT2D eigenvalue weighted by molar-refractivity contribution is -0.136. The molecule has 1 aromatic carbocycles. The lowest BCUT2D eigenvalue weighted by Crippen LogP contribution is -2.41. The van der Waals surface area contributed by atoms with Crippen molar-refractivity contribution in [2.75, 3.05) is 11.9 Å². The maximum atomic E-state index is 12.0. The summed E-state index contributed by atoms with van der Waals surface area (Å²) in [7, 11) is 0. The number of hydrogen-bond acceptors (Lipinski definition) is 3. The Kier molecular flexibility index (Phi) is 6.76. The molecule has 0 radical (unpaired) electrons. The molecular weight excluding hydrogens is 292 g/mol. The van der Waals surface area contributed by atoms with E-state index in [9.17, 15) is 14.7 Å². The molecule has 5 nitrogen and oxygen atoms in total. The Labute approximate surface area is 138 Å². The third kappa shape index (κ3) is 6.40. The lowest BCUT2D eigenvalue weighted by Gasteiger charge is -2.26. The fraction of sp³-hybridized carbons (Fsp3) is 0.556. The van der Waals surface area contributed by atoms with Crippen LogP contribution in [0.2, 0.25) is 0 Å². The summed E-state index contributed by atoms with van der Waals surface area (Å²) in [6.07, 6.45) is 0.970. The first-order valence-electron chi connectivity index (χ1n) is 8.01. The van der Waals surface area contributed by atoms with Gasteiger partial charge in [0.2, 0.25) is 0 Å². The molecule has 2 amide bonds. The highest BCUT2D eigenvalue weighted by molar-refractivity contribution is 6.39. The predicted molar refractivity (Wildman–Crippen MR) is 92.3 cm³/mol. The summed E-state index contributed by atoms with van der Waals surface area (Å²) in [6.45, 7) is 9.97. The van der Waals surface area contributed by atoms with Gasteiger partial charge in [0.05, 0.1) is 6.10 Å². The van der Waals surface area contributed by atoms with Crippen LogP contribution in [-0.4, -0.2) is 29.6 Å². The van der Waals surface area contributed by atoms with Gasteiger partial charge in [-0.25, -0.2) is 0 Å².